The predicted octanol–water partition coefficient (Wildman–Crippen LogP) is 4.49. The minimum absolute atomic E-state index is 0.360. The van der Waals surface area contributed by atoms with Gasteiger partial charge >= 0.3 is 0 Å². The van der Waals surface area contributed by atoms with Crippen LogP contribution in [0.5, 0.6) is 5.75 Å². The lowest BCUT2D eigenvalue weighted by atomic mass is 10.2. The van der Waals surface area contributed by atoms with E-state index in [2.05, 4.69) is 5.32 Å². The Balaban J connectivity index is 2.10. The normalized spacial score (nSPS) is 10.3. The van der Waals surface area contributed by atoms with Gasteiger partial charge in [0.05, 0.1) is 12.3 Å². The largest absolute Gasteiger partial charge is 0.494 e. The molecule has 1 N–H and O–H groups in total. The van der Waals surface area contributed by atoms with E-state index < -0.39 is 0 Å². The molecular formula is C15H15ClFNO. The van der Waals surface area contributed by atoms with Crippen molar-refractivity contribution < 1.29 is 9.13 Å². The molecule has 0 atom stereocenters. The van der Waals surface area contributed by atoms with Crippen molar-refractivity contribution in [2.75, 3.05) is 11.9 Å². The molecule has 100 valence electrons. The first-order chi connectivity index (χ1) is 9.20. The van der Waals surface area contributed by atoms with Gasteiger partial charge in [-0.05, 0) is 31.2 Å². The molecule has 0 unspecified atom stereocenters. The summed E-state index contributed by atoms with van der Waals surface area (Å²) >= 11 is 5.71. The highest BCUT2D eigenvalue weighted by molar-refractivity contribution is 6.30. The van der Waals surface area contributed by atoms with E-state index in [-0.39, 0.29) is 5.82 Å². The van der Waals surface area contributed by atoms with Gasteiger partial charge in [0, 0.05) is 17.1 Å². The van der Waals surface area contributed by atoms with Crippen molar-refractivity contribution in [3.05, 3.63) is 58.9 Å². The van der Waals surface area contributed by atoms with Crippen molar-refractivity contribution in [2.24, 2.45) is 0 Å². The fraction of sp³-hybridized carbons (Fsp3) is 0.200. The number of rotatable bonds is 5. The zero-order valence-corrected chi connectivity index (χ0v) is 11.4. The lowest BCUT2D eigenvalue weighted by molar-refractivity contribution is 0.337. The zero-order chi connectivity index (χ0) is 13.7. The second-order valence-corrected chi connectivity index (χ2v) is 4.45. The average Bonchev–Trinajstić information content (AvgIpc) is 2.40. The third-order valence-corrected chi connectivity index (χ3v) is 2.91. The molecule has 2 rings (SSSR count). The van der Waals surface area contributed by atoms with Gasteiger partial charge in [-0.2, -0.15) is 0 Å². The summed E-state index contributed by atoms with van der Waals surface area (Å²) < 4.78 is 19.1. The Bertz CT molecular complexity index is 560. The highest BCUT2D eigenvalue weighted by Gasteiger charge is 2.05. The maximum absolute atomic E-state index is 13.6. The van der Waals surface area contributed by atoms with Crippen LogP contribution in [-0.2, 0) is 6.54 Å². The minimum Gasteiger partial charge on any atom is -0.494 e. The standard InChI is InChI=1S/C15H15ClFNO/c1-2-19-15-6-4-3-5-11(15)10-18-14-8-7-12(16)9-13(14)17/h3-9,18H,2,10H2,1H3. The number of ether oxygens (including phenoxy) is 1. The van der Waals surface area contributed by atoms with Crippen molar-refractivity contribution in [3.63, 3.8) is 0 Å². The molecule has 0 bridgehead atoms. The van der Waals surface area contributed by atoms with Crippen molar-refractivity contribution in [3.8, 4) is 5.75 Å². The summed E-state index contributed by atoms with van der Waals surface area (Å²) in [6, 6.07) is 12.3. The summed E-state index contributed by atoms with van der Waals surface area (Å²) in [5, 5.41) is 3.43. The molecule has 0 fully saturated rings. The molecule has 0 radical (unpaired) electrons. The van der Waals surface area contributed by atoms with Crippen molar-refractivity contribution in [1.82, 2.24) is 0 Å². The van der Waals surface area contributed by atoms with Gasteiger partial charge in [-0.1, -0.05) is 29.8 Å². The summed E-state index contributed by atoms with van der Waals surface area (Å²) in [6.07, 6.45) is 0. The fourth-order valence-electron chi connectivity index (χ4n) is 1.77. The Morgan fingerprint density at radius 2 is 2.00 bits per heavy atom. The van der Waals surface area contributed by atoms with E-state index in [1.807, 2.05) is 31.2 Å². The fourth-order valence-corrected chi connectivity index (χ4v) is 1.93. The summed E-state index contributed by atoms with van der Waals surface area (Å²) in [4.78, 5) is 0. The van der Waals surface area contributed by atoms with Crippen molar-refractivity contribution in [2.45, 2.75) is 13.5 Å². The molecule has 0 aliphatic carbocycles. The van der Waals surface area contributed by atoms with Crippen molar-refractivity contribution >= 4 is 17.3 Å². The van der Waals surface area contributed by atoms with Gasteiger partial charge in [0.1, 0.15) is 11.6 Å². The second-order valence-electron chi connectivity index (χ2n) is 4.02. The number of halogens is 2. The van der Waals surface area contributed by atoms with E-state index in [9.17, 15) is 4.39 Å². The summed E-state index contributed by atoms with van der Waals surface area (Å²) in [7, 11) is 0. The Morgan fingerprint density at radius 3 is 2.74 bits per heavy atom. The van der Waals surface area contributed by atoms with Gasteiger partial charge in [-0.25, -0.2) is 4.39 Å². The van der Waals surface area contributed by atoms with E-state index in [0.29, 0.717) is 23.9 Å². The van der Waals surface area contributed by atoms with Gasteiger partial charge in [-0.3, -0.25) is 0 Å². The average molecular weight is 280 g/mol. The lowest BCUT2D eigenvalue weighted by Gasteiger charge is -2.12. The SMILES string of the molecule is CCOc1ccccc1CNc1ccc(Cl)cc1F. The smallest absolute Gasteiger partial charge is 0.147 e. The first-order valence-electron chi connectivity index (χ1n) is 6.10. The number of hydrogen-bond acceptors (Lipinski definition) is 2. The van der Waals surface area contributed by atoms with E-state index in [1.54, 1.807) is 12.1 Å². The maximum atomic E-state index is 13.6. The molecule has 0 aliphatic rings. The molecule has 4 heteroatoms. The van der Waals surface area contributed by atoms with Crippen LogP contribution in [0, 0.1) is 5.82 Å². The molecule has 19 heavy (non-hydrogen) atoms. The third-order valence-electron chi connectivity index (χ3n) is 2.67. The third kappa shape index (κ3) is 3.61. The predicted molar refractivity (Wildman–Crippen MR) is 76.3 cm³/mol. The number of benzene rings is 2. The van der Waals surface area contributed by atoms with Gasteiger partial charge in [-0.15, -0.1) is 0 Å². The second kappa shape index (κ2) is 6.43. The molecule has 2 nitrogen and oxygen atoms in total. The Hall–Kier alpha value is -1.74. The molecule has 0 aromatic heterocycles. The van der Waals surface area contributed by atoms with E-state index >= 15 is 0 Å². The number of anilines is 1. The van der Waals surface area contributed by atoms with Crippen LogP contribution < -0.4 is 10.1 Å². The van der Waals surface area contributed by atoms with Crippen LogP contribution in [0.1, 0.15) is 12.5 Å². The first-order valence-corrected chi connectivity index (χ1v) is 6.48. The van der Waals surface area contributed by atoms with E-state index in [0.717, 1.165) is 11.3 Å². The monoisotopic (exact) mass is 279 g/mol. The highest BCUT2D eigenvalue weighted by atomic mass is 35.5. The van der Waals surface area contributed by atoms with E-state index in [1.165, 1.54) is 6.07 Å². The number of hydrogen-bond donors (Lipinski definition) is 1. The first kappa shape index (κ1) is 13.7. The van der Waals surface area contributed by atoms with Crippen LogP contribution in [0.4, 0.5) is 10.1 Å². The summed E-state index contributed by atoms with van der Waals surface area (Å²) in [5.41, 5.74) is 1.41. The Morgan fingerprint density at radius 1 is 1.21 bits per heavy atom. The summed E-state index contributed by atoms with van der Waals surface area (Å²) in [5.74, 6) is 0.452. The molecule has 0 amide bonds. The molecule has 2 aromatic rings. The molecule has 0 aliphatic heterocycles. The zero-order valence-electron chi connectivity index (χ0n) is 10.6. The Labute approximate surface area is 117 Å². The molecule has 0 saturated carbocycles. The van der Waals surface area contributed by atoms with Gasteiger partial charge in [0.2, 0.25) is 0 Å². The molecule has 0 heterocycles. The Kier molecular flexibility index (Phi) is 4.63. The number of nitrogens with one attached hydrogen (secondary N) is 1. The van der Waals surface area contributed by atoms with Crippen LogP contribution in [-0.4, -0.2) is 6.61 Å². The molecule has 0 saturated heterocycles. The summed E-state index contributed by atoms with van der Waals surface area (Å²) in [6.45, 7) is 3.03. The lowest BCUT2D eigenvalue weighted by Crippen LogP contribution is -2.04. The minimum atomic E-state index is -0.360. The molecular weight excluding hydrogens is 265 g/mol. The van der Waals surface area contributed by atoms with Crippen LogP contribution in [0.3, 0.4) is 0 Å². The topological polar surface area (TPSA) is 21.3 Å². The molecule has 0 spiro atoms. The van der Waals surface area contributed by atoms with Gasteiger partial charge < -0.3 is 10.1 Å². The quantitative estimate of drug-likeness (QED) is 0.871. The van der Waals surface area contributed by atoms with Gasteiger partial charge in [0.25, 0.3) is 0 Å². The van der Waals surface area contributed by atoms with Crippen LogP contribution in [0.15, 0.2) is 42.5 Å². The maximum Gasteiger partial charge on any atom is 0.147 e. The van der Waals surface area contributed by atoms with E-state index in [4.69, 9.17) is 16.3 Å². The number of para-hydroxylation sites is 1. The van der Waals surface area contributed by atoms with Crippen LogP contribution in [0.2, 0.25) is 5.02 Å². The van der Waals surface area contributed by atoms with Gasteiger partial charge in [0.15, 0.2) is 0 Å². The molecule has 2 aromatic carbocycles. The van der Waals surface area contributed by atoms with Crippen LogP contribution in [0.25, 0.3) is 0 Å². The van der Waals surface area contributed by atoms with Crippen molar-refractivity contribution in [1.29, 1.82) is 0 Å². The van der Waals surface area contributed by atoms with Crippen LogP contribution >= 0.6 is 11.6 Å². The highest BCUT2D eigenvalue weighted by Crippen LogP contribution is 2.22.